The fourth-order valence-corrected chi connectivity index (χ4v) is 4.54. The first-order valence-electron chi connectivity index (χ1n) is 8.46. The Morgan fingerprint density at radius 1 is 1.22 bits per heavy atom. The van der Waals surface area contributed by atoms with E-state index in [1.54, 1.807) is 0 Å². The molecule has 1 unspecified atom stereocenters. The number of nitrogens with one attached hydrogen (secondary N) is 1. The number of Topliss-reactive ketones (excluding diaryl/α,β-unsaturated/α-hetero) is 2. The number of aromatic nitrogens is 1. The van der Waals surface area contributed by atoms with Gasteiger partial charge in [0.2, 0.25) is 0 Å². The molecule has 1 aliphatic carbocycles. The number of hydrogen-bond donors (Lipinski definition) is 1. The van der Waals surface area contributed by atoms with Gasteiger partial charge in [-0.3, -0.25) is 9.59 Å². The van der Waals surface area contributed by atoms with Crippen molar-refractivity contribution in [3.63, 3.8) is 0 Å². The van der Waals surface area contributed by atoms with Crippen LogP contribution >= 0.6 is 0 Å². The minimum Gasteiger partial charge on any atom is -0.351 e. The van der Waals surface area contributed by atoms with E-state index in [9.17, 15) is 9.59 Å². The molecule has 1 fully saturated rings. The molecule has 1 saturated heterocycles. The summed E-state index contributed by atoms with van der Waals surface area (Å²) >= 11 is 0. The van der Waals surface area contributed by atoms with Gasteiger partial charge < -0.3 is 9.88 Å². The van der Waals surface area contributed by atoms with Gasteiger partial charge in [0.25, 0.3) is 0 Å². The third-order valence-corrected chi connectivity index (χ3v) is 5.69. The van der Waals surface area contributed by atoms with Gasteiger partial charge in [0, 0.05) is 36.3 Å². The number of H-pyrrole nitrogens is 1. The molecule has 1 N–H and O–H groups in total. The summed E-state index contributed by atoms with van der Waals surface area (Å²) in [5.41, 5.74) is 2.04. The number of fused-ring (bicyclic) bond motifs is 4. The molecule has 4 rings (SSSR count). The smallest absolute Gasteiger partial charge is 0.180 e. The molecule has 0 radical (unpaired) electrons. The van der Waals surface area contributed by atoms with E-state index in [4.69, 9.17) is 0 Å². The van der Waals surface area contributed by atoms with E-state index in [2.05, 4.69) is 23.9 Å². The van der Waals surface area contributed by atoms with Gasteiger partial charge in [-0.25, -0.2) is 0 Å². The van der Waals surface area contributed by atoms with Gasteiger partial charge >= 0.3 is 0 Å². The summed E-state index contributed by atoms with van der Waals surface area (Å²) in [6.45, 7) is 3.90. The highest BCUT2D eigenvalue weighted by molar-refractivity contribution is 6.18. The van der Waals surface area contributed by atoms with E-state index in [1.165, 1.54) is 0 Å². The van der Waals surface area contributed by atoms with Crippen LogP contribution in [0, 0.1) is 17.8 Å². The highest BCUT2D eigenvalue weighted by Crippen LogP contribution is 2.40. The van der Waals surface area contributed by atoms with E-state index >= 15 is 0 Å². The molecular formula is C19H22N2O2. The molecule has 1 aliphatic heterocycles. The maximum atomic E-state index is 13.3. The maximum Gasteiger partial charge on any atom is 0.180 e. The number of carbonyl (C=O) groups excluding carboxylic acids is 2. The van der Waals surface area contributed by atoms with Crippen molar-refractivity contribution in [1.29, 1.82) is 0 Å². The first-order chi connectivity index (χ1) is 11.1. The number of piperidine rings is 1. The van der Waals surface area contributed by atoms with Crippen molar-refractivity contribution in [3.8, 4) is 0 Å². The lowest BCUT2D eigenvalue weighted by Crippen LogP contribution is -2.47. The zero-order chi connectivity index (χ0) is 16.1. The van der Waals surface area contributed by atoms with Crippen molar-refractivity contribution in [1.82, 2.24) is 9.88 Å². The zero-order valence-electron chi connectivity index (χ0n) is 13.6. The van der Waals surface area contributed by atoms with E-state index in [0.717, 1.165) is 30.4 Å². The molecule has 0 amide bonds. The van der Waals surface area contributed by atoms with Gasteiger partial charge in [-0.15, -0.1) is 0 Å². The Kier molecular flexibility index (Phi) is 3.38. The van der Waals surface area contributed by atoms with Gasteiger partial charge in [-0.1, -0.05) is 31.5 Å². The normalized spacial score (nSPS) is 28.5. The zero-order valence-corrected chi connectivity index (χ0v) is 13.6. The van der Waals surface area contributed by atoms with Crippen molar-refractivity contribution >= 4 is 22.5 Å². The predicted octanol–water partition coefficient (Wildman–Crippen LogP) is 3.14. The number of ketones is 2. The first-order valence-corrected chi connectivity index (χ1v) is 8.46. The second-order valence-corrected chi connectivity index (χ2v) is 7.07. The molecule has 0 spiro atoms. The van der Waals surface area contributed by atoms with E-state index in [-0.39, 0.29) is 23.4 Å². The summed E-state index contributed by atoms with van der Waals surface area (Å²) in [7, 11) is 2.08. The SMILES string of the molecule is CC[C@H]1CN(C)C[C@@H]2C(=O)c3c([nH]c4ccccc34)C(=O)CC12. The van der Waals surface area contributed by atoms with Crippen molar-refractivity contribution in [3.05, 3.63) is 35.5 Å². The van der Waals surface area contributed by atoms with Crippen LogP contribution in [0.15, 0.2) is 24.3 Å². The number of para-hydroxylation sites is 1. The predicted molar refractivity (Wildman–Crippen MR) is 89.8 cm³/mol. The van der Waals surface area contributed by atoms with Crippen molar-refractivity contribution in [2.45, 2.75) is 19.8 Å². The second-order valence-electron chi connectivity index (χ2n) is 7.07. The molecule has 4 heteroatoms. The Morgan fingerprint density at radius 2 is 2.00 bits per heavy atom. The maximum absolute atomic E-state index is 13.3. The van der Waals surface area contributed by atoms with Crippen LogP contribution in [0.4, 0.5) is 0 Å². The standard InChI is InChI=1S/C19H22N2O2/c1-3-11-9-21(2)10-14-13(11)8-16(22)18-17(19(14)23)12-6-4-5-7-15(12)20-18/h4-7,11,13-14,20H,3,8-10H2,1-2H3/t11-,13?,14-/m0/s1. The van der Waals surface area contributed by atoms with Crippen LogP contribution in [0.2, 0.25) is 0 Å². The van der Waals surface area contributed by atoms with Crippen molar-refractivity contribution in [2.24, 2.45) is 17.8 Å². The summed E-state index contributed by atoms with van der Waals surface area (Å²) in [5.74, 6) is 0.777. The van der Waals surface area contributed by atoms with Gasteiger partial charge in [0.1, 0.15) is 0 Å². The van der Waals surface area contributed by atoms with Crippen molar-refractivity contribution < 1.29 is 9.59 Å². The Balaban J connectivity index is 1.88. The van der Waals surface area contributed by atoms with Gasteiger partial charge in [0.15, 0.2) is 11.6 Å². The minimum absolute atomic E-state index is 0.0666. The van der Waals surface area contributed by atoms with Gasteiger partial charge in [-0.2, -0.15) is 0 Å². The van der Waals surface area contributed by atoms with E-state index < -0.39 is 0 Å². The summed E-state index contributed by atoms with van der Waals surface area (Å²) < 4.78 is 0. The minimum atomic E-state index is -0.0666. The van der Waals surface area contributed by atoms with E-state index in [0.29, 0.717) is 23.6 Å². The van der Waals surface area contributed by atoms with Crippen LogP contribution in [0.3, 0.4) is 0 Å². The Morgan fingerprint density at radius 3 is 2.78 bits per heavy atom. The molecular weight excluding hydrogens is 288 g/mol. The summed E-state index contributed by atoms with van der Waals surface area (Å²) in [6, 6.07) is 7.74. The molecule has 0 saturated carbocycles. The Labute approximate surface area is 135 Å². The molecule has 2 aliphatic rings. The monoisotopic (exact) mass is 310 g/mol. The topological polar surface area (TPSA) is 53.2 Å². The Bertz CT molecular complexity index is 792. The number of benzene rings is 1. The number of aromatic amines is 1. The largest absolute Gasteiger partial charge is 0.351 e. The summed E-state index contributed by atoms with van der Waals surface area (Å²) in [6.07, 6.45) is 1.50. The number of carbonyl (C=O) groups is 2. The van der Waals surface area contributed by atoms with Crippen LogP contribution in [0.1, 0.15) is 40.6 Å². The molecule has 0 bridgehead atoms. The lowest BCUT2D eigenvalue weighted by Gasteiger charge is -2.40. The second kappa shape index (κ2) is 5.31. The number of rotatable bonds is 1. The average Bonchev–Trinajstić information content (AvgIpc) is 2.90. The lowest BCUT2D eigenvalue weighted by molar-refractivity contribution is 0.0519. The first kappa shape index (κ1) is 14.6. The van der Waals surface area contributed by atoms with Crippen LogP contribution in [-0.2, 0) is 0 Å². The highest BCUT2D eigenvalue weighted by atomic mass is 16.1. The molecule has 120 valence electrons. The number of likely N-dealkylation sites (tertiary alicyclic amines) is 1. The summed E-state index contributed by atoms with van der Waals surface area (Å²) in [5, 5.41) is 0.891. The van der Waals surface area contributed by atoms with Gasteiger partial charge in [-0.05, 0) is 24.9 Å². The molecule has 4 nitrogen and oxygen atoms in total. The highest BCUT2D eigenvalue weighted by Gasteiger charge is 2.44. The van der Waals surface area contributed by atoms with Crippen LogP contribution < -0.4 is 0 Å². The molecule has 3 atom stereocenters. The average molecular weight is 310 g/mol. The third kappa shape index (κ3) is 2.16. The van der Waals surface area contributed by atoms with Crippen LogP contribution in [0.5, 0.6) is 0 Å². The van der Waals surface area contributed by atoms with E-state index in [1.807, 2.05) is 24.3 Å². The lowest BCUT2D eigenvalue weighted by atomic mass is 9.73. The van der Waals surface area contributed by atoms with Crippen molar-refractivity contribution in [2.75, 3.05) is 20.1 Å². The molecule has 2 aromatic rings. The number of nitrogens with zero attached hydrogens (tertiary/aromatic N) is 1. The molecule has 1 aromatic heterocycles. The number of hydrogen-bond acceptors (Lipinski definition) is 3. The van der Waals surface area contributed by atoms with Gasteiger partial charge in [0.05, 0.1) is 11.3 Å². The Hall–Kier alpha value is -1.94. The van der Waals surface area contributed by atoms with Crippen LogP contribution in [-0.4, -0.2) is 41.6 Å². The third-order valence-electron chi connectivity index (χ3n) is 5.69. The van der Waals surface area contributed by atoms with Crippen LogP contribution in [0.25, 0.3) is 10.9 Å². The fraction of sp³-hybridized carbons (Fsp3) is 0.474. The molecule has 23 heavy (non-hydrogen) atoms. The summed E-state index contributed by atoms with van der Waals surface area (Å²) in [4.78, 5) is 31.6. The fourth-order valence-electron chi connectivity index (χ4n) is 4.54. The quantitative estimate of drug-likeness (QED) is 0.880. The molecule has 2 heterocycles. The molecule has 1 aromatic carbocycles.